The van der Waals surface area contributed by atoms with Crippen molar-refractivity contribution in [1.82, 2.24) is 0 Å². The van der Waals surface area contributed by atoms with Gasteiger partial charge < -0.3 is 5.32 Å². The molecule has 3 aromatic rings. The summed E-state index contributed by atoms with van der Waals surface area (Å²) in [7, 11) is 0. The van der Waals surface area contributed by atoms with Gasteiger partial charge in [-0.15, -0.1) is 11.3 Å². The number of allylic oxidation sites excluding steroid dienone is 7. The van der Waals surface area contributed by atoms with Crippen LogP contribution in [-0.4, -0.2) is 0 Å². The molecule has 1 aromatic heterocycles. The fourth-order valence-electron chi connectivity index (χ4n) is 3.60. The molecule has 0 saturated carbocycles. The second-order valence-electron chi connectivity index (χ2n) is 6.31. The van der Waals surface area contributed by atoms with Crippen molar-refractivity contribution in [3.8, 4) is 0 Å². The van der Waals surface area contributed by atoms with E-state index in [9.17, 15) is 0 Å². The zero-order chi connectivity index (χ0) is 15.9. The SMILES string of the molecule is C1=CC2C=CC(Nc3cccc4sc5ccccc5c34)=CC2C=C1. The molecule has 2 aromatic carbocycles. The Labute approximate surface area is 145 Å². The van der Waals surface area contributed by atoms with E-state index in [1.54, 1.807) is 0 Å². The lowest BCUT2D eigenvalue weighted by molar-refractivity contribution is 0.655. The van der Waals surface area contributed by atoms with Crippen LogP contribution in [0.3, 0.4) is 0 Å². The van der Waals surface area contributed by atoms with Gasteiger partial charge in [-0.3, -0.25) is 0 Å². The van der Waals surface area contributed by atoms with Crippen molar-refractivity contribution in [2.45, 2.75) is 0 Å². The van der Waals surface area contributed by atoms with Crippen LogP contribution in [0.2, 0.25) is 0 Å². The summed E-state index contributed by atoms with van der Waals surface area (Å²) < 4.78 is 2.68. The molecule has 116 valence electrons. The van der Waals surface area contributed by atoms with Gasteiger partial charge in [-0.2, -0.15) is 0 Å². The van der Waals surface area contributed by atoms with Crippen LogP contribution < -0.4 is 5.32 Å². The summed E-state index contributed by atoms with van der Waals surface area (Å²) in [6, 6.07) is 15.2. The maximum absolute atomic E-state index is 3.66. The zero-order valence-corrected chi connectivity index (χ0v) is 14.0. The van der Waals surface area contributed by atoms with Crippen molar-refractivity contribution in [2.75, 3.05) is 5.32 Å². The minimum Gasteiger partial charge on any atom is -0.355 e. The molecule has 2 atom stereocenters. The smallest absolute Gasteiger partial charge is 0.0478 e. The van der Waals surface area contributed by atoms with Crippen LogP contribution in [-0.2, 0) is 0 Å². The molecule has 5 rings (SSSR count). The Morgan fingerprint density at radius 2 is 1.62 bits per heavy atom. The van der Waals surface area contributed by atoms with Crippen molar-refractivity contribution in [2.24, 2.45) is 11.8 Å². The van der Waals surface area contributed by atoms with E-state index in [2.05, 4.69) is 90.3 Å². The van der Waals surface area contributed by atoms with Gasteiger partial charge in [-0.05, 0) is 24.3 Å². The number of hydrogen-bond donors (Lipinski definition) is 1. The summed E-state index contributed by atoms with van der Waals surface area (Å²) in [5.74, 6) is 0.958. The predicted molar refractivity (Wildman–Crippen MR) is 105 cm³/mol. The van der Waals surface area contributed by atoms with E-state index in [4.69, 9.17) is 0 Å². The minimum absolute atomic E-state index is 0.459. The first-order chi connectivity index (χ1) is 11.9. The van der Waals surface area contributed by atoms with Gasteiger partial charge in [0.25, 0.3) is 0 Å². The molecule has 0 amide bonds. The van der Waals surface area contributed by atoms with Gasteiger partial charge in [0, 0.05) is 43.4 Å². The molecule has 24 heavy (non-hydrogen) atoms. The second kappa shape index (κ2) is 5.50. The maximum atomic E-state index is 3.66. The van der Waals surface area contributed by atoms with Crippen molar-refractivity contribution in [1.29, 1.82) is 0 Å². The molecule has 2 heteroatoms. The second-order valence-corrected chi connectivity index (χ2v) is 7.39. The molecule has 0 bridgehead atoms. The molecule has 1 heterocycles. The first kappa shape index (κ1) is 13.8. The number of rotatable bonds is 2. The molecule has 1 N–H and O–H groups in total. The largest absolute Gasteiger partial charge is 0.355 e. The average molecular weight is 327 g/mol. The molecule has 1 nitrogen and oxygen atoms in total. The van der Waals surface area contributed by atoms with Crippen LogP contribution in [0.5, 0.6) is 0 Å². The first-order valence-electron chi connectivity index (χ1n) is 8.31. The number of nitrogens with one attached hydrogen (secondary N) is 1. The van der Waals surface area contributed by atoms with E-state index in [0.29, 0.717) is 11.8 Å². The standard InChI is InChI=1S/C22H17NS/c1-2-7-16-14-17(13-12-15(16)6-1)23-19-9-5-11-21-22(19)18-8-3-4-10-20(18)24-21/h1-16,23H. The number of anilines is 1. The van der Waals surface area contributed by atoms with Gasteiger partial charge >= 0.3 is 0 Å². The lowest BCUT2D eigenvalue weighted by Gasteiger charge is -2.23. The van der Waals surface area contributed by atoms with Gasteiger partial charge in [-0.25, -0.2) is 0 Å². The van der Waals surface area contributed by atoms with Crippen LogP contribution in [0.4, 0.5) is 5.69 Å². The molecular weight excluding hydrogens is 310 g/mol. The Bertz CT molecular complexity index is 1050. The Hall–Kier alpha value is -2.58. The highest BCUT2D eigenvalue weighted by atomic mass is 32.1. The zero-order valence-electron chi connectivity index (χ0n) is 13.1. The molecule has 2 unspecified atom stereocenters. The summed E-state index contributed by atoms with van der Waals surface area (Å²) in [6.45, 7) is 0. The summed E-state index contributed by atoms with van der Waals surface area (Å²) in [4.78, 5) is 0. The van der Waals surface area contributed by atoms with E-state index in [1.165, 1.54) is 31.6 Å². The van der Waals surface area contributed by atoms with Gasteiger partial charge in [0.15, 0.2) is 0 Å². The fourth-order valence-corrected chi connectivity index (χ4v) is 4.73. The molecule has 0 aliphatic heterocycles. The van der Waals surface area contributed by atoms with Crippen LogP contribution in [0.25, 0.3) is 20.2 Å². The number of hydrogen-bond acceptors (Lipinski definition) is 2. The van der Waals surface area contributed by atoms with Crippen molar-refractivity contribution in [3.63, 3.8) is 0 Å². The summed E-state index contributed by atoms with van der Waals surface area (Å²) in [6.07, 6.45) is 15.6. The Morgan fingerprint density at radius 1 is 0.792 bits per heavy atom. The summed E-state index contributed by atoms with van der Waals surface area (Å²) >= 11 is 1.86. The normalized spacial score (nSPS) is 21.9. The van der Waals surface area contributed by atoms with Crippen LogP contribution in [0.1, 0.15) is 0 Å². The topological polar surface area (TPSA) is 12.0 Å². The van der Waals surface area contributed by atoms with Crippen LogP contribution in [0.15, 0.2) is 90.7 Å². The molecule has 0 saturated heterocycles. The van der Waals surface area contributed by atoms with E-state index >= 15 is 0 Å². The number of fused-ring (bicyclic) bond motifs is 4. The Morgan fingerprint density at radius 3 is 2.58 bits per heavy atom. The number of thiophene rings is 1. The molecule has 0 fully saturated rings. The Kier molecular flexibility index (Phi) is 3.17. The Balaban J connectivity index is 1.58. The quantitative estimate of drug-likeness (QED) is 0.584. The highest BCUT2D eigenvalue weighted by molar-refractivity contribution is 7.25. The van der Waals surface area contributed by atoms with Crippen molar-refractivity contribution in [3.05, 3.63) is 90.7 Å². The van der Waals surface area contributed by atoms with Gasteiger partial charge in [0.1, 0.15) is 0 Å². The van der Waals surface area contributed by atoms with E-state index in [0.717, 1.165) is 0 Å². The van der Waals surface area contributed by atoms with E-state index < -0.39 is 0 Å². The van der Waals surface area contributed by atoms with E-state index in [-0.39, 0.29) is 0 Å². The van der Waals surface area contributed by atoms with Gasteiger partial charge in [0.05, 0.1) is 0 Å². The van der Waals surface area contributed by atoms with Crippen LogP contribution in [0, 0.1) is 11.8 Å². The van der Waals surface area contributed by atoms with Gasteiger partial charge in [-0.1, -0.05) is 60.7 Å². The third-order valence-electron chi connectivity index (χ3n) is 4.77. The fraction of sp³-hybridized carbons (Fsp3) is 0.0909. The van der Waals surface area contributed by atoms with Gasteiger partial charge in [0.2, 0.25) is 0 Å². The van der Waals surface area contributed by atoms with E-state index in [1.807, 2.05) is 11.3 Å². The minimum atomic E-state index is 0.459. The molecule has 0 spiro atoms. The highest BCUT2D eigenvalue weighted by Crippen LogP contribution is 2.39. The van der Waals surface area contributed by atoms with Crippen molar-refractivity contribution < 1.29 is 0 Å². The van der Waals surface area contributed by atoms with Crippen molar-refractivity contribution >= 4 is 37.2 Å². The third-order valence-corrected chi connectivity index (χ3v) is 5.91. The molecule has 0 radical (unpaired) electrons. The maximum Gasteiger partial charge on any atom is 0.0478 e. The molecule has 2 aliphatic rings. The monoisotopic (exact) mass is 327 g/mol. The highest BCUT2D eigenvalue weighted by Gasteiger charge is 2.18. The average Bonchev–Trinajstić information content (AvgIpc) is 3.01. The third kappa shape index (κ3) is 2.22. The molecule has 2 aliphatic carbocycles. The van der Waals surface area contributed by atoms with Crippen LogP contribution >= 0.6 is 11.3 Å². The predicted octanol–water partition coefficient (Wildman–Crippen LogP) is 6.28. The molecular formula is C22H17NS. The lowest BCUT2D eigenvalue weighted by atomic mass is 9.84. The number of benzene rings is 2. The first-order valence-corrected chi connectivity index (χ1v) is 9.12. The lowest BCUT2D eigenvalue weighted by Crippen LogP contribution is -2.14. The summed E-state index contributed by atoms with van der Waals surface area (Å²) in [5, 5.41) is 6.32. The summed E-state index contributed by atoms with van der Waals surface area (Å²) in [5.41, 5.74) is 2.37.